The Balaban J connectivity index is 0.00000364. The van der Waals surface area contributed by atoms with E-state index in [4.69, 9.17) is 4.74 Å². The lowest BCUT2D eigenvalue weighted by Gasteiger charge is -2.37. The zero-order valence-corrected chi connectivity index (χ0v) is 16.9. The molecular formula is C17H27ClFN3O4S. The van der Waals surface area contributed by atoms with E-state index in [1.165, 1.54) is 18.2 Å². The van der Waals surface area contributed by atoms with E-state index in [2.05, 4.69) is 15.4 Å². The number of methoxy groups -OCH3 is 1. The van der Waals surface area contributed by atoms with Crippen LogP contribution in [0.2, 0.25) is 0 Å². The molecule has 1 heterocycles. The van der Waals surface area contributed by atoms with E-state index in [9.17, 15) is 17.6 Å². The highest BCUT2D eigenvalue weighted by molar-refractivity contribution is 7.89. The second kappa shape index (κ2) is 10.9. The maximum absolute atomic E-state index is 13.6. The third-order valence-corrected chi connectivity index (χ3v) is 6.04. The average molecular weight is 424 g/mol. The molecule has 0 atom stereocenters. The van der Waals surface area contributed by atoms with Crippen LogP contribution in [0.25, 0.3) is 0 Å². The zero-order valence-electron chi connectivity index (χ0n) is 15.3. The Labute approximate surface area is 165 Å². The van der Waals surface area contributed by atoms with E-state index < -0.39 is 20.7 Å². The molecule has 1 aliphatic rings. The number of carbonyl (C=O) groups is 1. The van der Waals surface area contributed by atoms with E-state index in [0.29, 0.717) is 13.2 Å². The van der Waals surface area contributed by atoms with Crippen molar-refractivity contribution in [3.05, 3.63) is 30.1 Å². The monoisotopic (exact) mass is 423 g/mol. The van der Waals surface area contributed by atoms with Gasteiger partial charge < -0.3 is 15.4 Å². The lowest BCUT2D eigenvalue weighted by atomic mass is 9.79. The van der Waals surface area contributed by atoms with Gasteiger partial charge in [-0.1, -0.05) is 12.1 Å². The molecule has 0 bridgehead atoms. The van der Waals surface area contributed by atoms with Gasteiger partial charge in [0.05, 0.1) is 6.61 Å². The molecule has 1 aliphatic heterocycles. The van der Waals surface area contributed by atoms with Crippen molar-refractivity contribution in [1.29, 1.82) is 0 Å². The minimum Gasteiger partial charge on any atom is -0.384 e. The number of carbonyl (C=O) groups excluding carboxylic acids is 1. The molecule has 10 heteroatoms. The van der Waals surface area contributed by atoms with E-state index >= 15 is 0 Å². The maximum atomic E-state index is 13.6. The molecule has 1 saturated heterocycles. The first-order valence-electron chi connectivity index (χ1n) is 8.59. The van der Waals surface area contributed by atoms with Gasteiger partial charge in [0.1, 0.15) is 10.7 Å². The van der Waals surface area contributed by atoms with Gasteiger partial charge in [-0.15, -0.1) is 12.4 Å². The van der Waals surface area contributed by atoms with E-state index in [-0.39, 0.29) is 36.7 Å². The van der Waals surface area contributed by atoms with Crippen molar-refractivity contribution in [3.8, 4) is 0 Å². The first-order chi connectivity index (χ1) is 12.4. The summed E-state index contributed by atoms with van der Waals surface area (Å²) in [5, 5.41) is 6.14. The average Bonchev–Trinajstić information content (AvgIpc) is 2.61. The summed E-state index contributed by atoms with van der Waals surface area (Å²) in [6.45, 7) is 2.71. The van der Waals surface area contributed by atoms with Gasteiger partial charge >= 0.3 is 0 Å². The van der Waals surface area contributed by atoms with Crippen molar-refractivity contribution in [2.24, 2.45) is 5.41 Å². The third kappa shape index (κ3) is 7.00. The molecule has 0 saturated carbocycles. The first-order valence-corrected chi connectivity index (χ1v) is 10.1. The maximum Gasteiger partial charge on any atom is 0.243 e. The molecule has 0 aliphatic carbocycles. The Morgan fingerprint density at radius 1 is 1.30 bits per heavy atom. The van der Waals surface area contributed by atoms with Gasteiger partial charge in [-0.2, -0.15) is 0 Å². The molecule has 0 aromatic heterocycles. The standard InChI is InChI=1S/C17H26FN3O4S.ClH/c1-25-13-17(7-10-19-11-8-17)12-20-16(22)6-9-21-26(23,24)15-5-3-2-4-14(15)18;/h2-5,19,21H,6-13H2,1H3,(H,20,22);1H. The Hall–Kier alpha value is -1.26. The molecular weight excluding hydrogens is 397 g/mol. The van der Waals surface area contributed by atoms with Crippen LogP contribution in [0.3, 0.4) is 0 Å². The smallest absolute Gasteiger partial charge is 0.243 e. The SMILES string of the molecule is COCC1(CNC(=O)CCNS(=O)(=O)c2ccccc2F)CCNCC1.Cl. The topological polar surface area (TPSA) is 96.5 Å². The summed E-state index contributed by atoms with van der Waals surface area (Å²) >= 11 is 0. The Morgan fingerprint density at radius 2 is 1.96 bits per heavy atom. The predicted octanol–water partition coefficient (Wildman–Crippen LogP) is 1.05. The third-order valence-electron chi connectivity index (χ3n) is 4.55. The first kappa shape index (κ1) is 23.8. The quantitative estimate of drug-likeness (QED) is 0.551. The minimum absolute atomic E-state index is 0. The molecule has 7 nitrogen and oxygen atoms in total. The summed E-state index contributed by atoms with van der Waals surface area (Å²) in [6, 6.07) is 5.12. The zero-order chi connectivity index (χ0) is 19.0. The summed E-state index contributed by atoms with van der Waals surface area (Å²) in [5.74, 6) is -1.08. The second-order valence-corrected chi connectivity index (χ2v) is 8.27. The fraction of sp³-hybridized carbons (Fsp3) is 0.588. The molecule has 1 aromatic rings. The van der Waals surface area contributed by atoms with Crippen LogP contribution < -0.4 is 15.4 Å². The van der Waals surface area contributed by atoms with Crippen LogP contribution in [0.5, 0.6) is 0 Å². The number of rotatable bonds is 9. The van der Waals surface area contributed by atoms with Crippen LogP contribution in [0.1, 0.15) is 19.3 Å². The highest BCUT2D eigenvalue weighted by Gasteiger charge is 2.32. The molecule has 1 fully saturated rings. The Bertz CT molecular complexity index is 706. The second-order valence-electron chi connectivity index (χ2n) is 6.54. The minimum atomic E-state index is -3.98. The summed E-state index contributed by atoms with van der Waals surface area (Å²) in [5.41, 5.74) is -0.0949. The lowest BCUT2D eigenvalue weighted by molar-refractivity contribution is -0.121. The van der Waals surface area contributed by atoms with Crippen LogP contribution in [-0.4, -0.2) is 54.2 Å². The van der Waals surface area contributed by atoms with Gasteiger partial charge in [0.2, 0.25) is 15.9 Å². The number of benzene rings is 1. The van der Waals surface area contributed by atoms with E-state index in [1.54, 1.807) is 7.11 Å². The fourth-order valence-electron chi connectivity index (χ4n) is 3.05. The number of sulfonamides is 1. The van der Waals surface area contributed by atoms with Crippen LogP contribution in [0, 0.1) is 11.2 Å². The molecule has 2 rings (SSSR count). The van der Waals surface area contributed by atoms with Crippen LogP contribution in [-0.2, 0) is 19.6 Å². The van der Waals surface area contributed by atoms with Crippen molar-refractivity contribution in [2.75, 3.05) is 39.9 Å². The molecule has 0 radical (unpaired) electrons. The number of ether oxygens (including phenoxy) is 1. The van der Waals surface area contributed by atoms with Gasteiger partial charge in [0, 0.05) is 32.0 Å². The summed E-state index contributed by atoms with van der Waals surface area (Å²) in [4.78, 5) is 11.6. The number of piperidine rings is 1. The molecule has 154 valence electrons. The molecule has 3 N–H and O–H groups in total. The number of hydrogen-bond acceptors (Lipinski definition) is 5. The predicted molar refractivity (Wildman–Crippen MR) is 103 cm³/mol. The number of hydrogen-bond donors (Lipinski definition) is 3. The highest BCUT2D eigenvalue weighted by Crippen LogP contribution is 2.28. The van der Waals surface area contributed by atoms with Crippen molar-refractivity contribution in [2.45, 2.75) is 24.2 Å². The van der Waals surface area contributed by atoms with Gasteiger partial charge in [-0.3, -0.25) is 4.79 Å². The normalized spacial score (nSPS) is 16.4. The van der Waals surface area contributed by atoms with Crippen molar-refractivity contribution >= 4 is 28.3 Å². The van der Waals surface area contributed by atoms with Gasteiger partial charge in [-0.05, 0) is 38.1 Å². The number of nitrogens with one attached hydrogen (secondary N) is 3. The summed E-state index contributed by atoms with van der Waals surface area (Å²) in [6.07, 6.45) is 1.79. The largest absolute Gasteiger partial charge is 0.384 e. The summed E-state index contributed by atoms with van der Waals surface area (Å²) < 4.78 is 45.3. The molecule has 0 unspecified atom stereocenters. The van der Waals surface area contributed by atoms with Crippen molar-refractivity contribution < 1.29 is 22.3 Å². The van der Waals surface area contributed by atoms with Crippen LogP contribution >= 0.6 is 12.4 Å². The Morgan fingerprint density at radius 3 is 2.59 bits per heavy atom. The molecule has 1 aromatic carbocycles. The van der Waals surface area contributed by atoms with Gasteiger partial charge in [0.15, 0.2) is 0 Å². The van der Waals surface area contributed by atoms with Gasteiger partial charge in [-0.25, -0.2) is 17.5 Å². The summed E-state index contributed by atoms with van der Waals surface area (Å²) in [7, 11) is -2.33. The van der Waals surface area contributed by atoms with E-state index in [1.807, 2.05) is 0 Å². The highest BCUT2D eigenvalue weighted by atomic mass is 35.5. The van der Waals surface area contributed by atoms with Crippen molar-refractivity contribution in [1.82, 2.24) is 15.4 Å². The van der Waals surface area contributed by atoms with Crippen molar-refractivity contribution in [3.63, 3.8) is 0 Å². The number of halogens is 2. The number of amides is 1. The van der Waals surface area contributed by atoms with Crippen LogP contribution in [0.15, 0.2) is 29.2 Å². The lowest BCUT2D eigenvalue weighted by Crippen LogP contribution is -2.47. The molecule has 0 spiro atoms. The van der Waals surface area contributed by atoms with E-state index in [0.717, 1.165) is 32.0 Å². The van der Waals surface area contributed by atoms with Gasteiger partial charge in [0.25, 0.3) is 0 Å². The van der Waals surface area contributed by atoms with Crippen LogP contribution in [0.4, 0.5) is 4.39 Å². The molecule has 27 heavy (non-hydrogen) atoms. The Kier molecular flexibility index (Phi) is 9.61. The molecule has 1 amide bonds. The fourth-order valence-corrected chi connectivity index (χ4v) is 4.16.